The highest BCUT2D eigenvalue weighted by Gasteiger charge is 2.14. The second kappa shape index (κ2) is 6.04. The van der Waals surface area contributed by atoms with Crippen LogP contribution >= 0.6 is 34.2 Å². The molecule has 0 aromatic heterocycles. The molecule has 0 aliphatic rings. The zero-order valence-corrected chi connectivity index (χ0v) is 12.9. The van der Waals surface area contributed by atoms with Gasteiger partial charge in [0, 0.05) is 8.59 Å². The molecule has 94 valence electrons. The maximum absolute atomic E-state index is 10.5. The van der Waals surface area contributed by atoms with Crippen LogP contribution in [0.1, 0.15) is 29.7 Å². The molecule has 0 amide bonds. The van der Waals surface area contributed by atoms with Crippen molar-refractivity contribution in [1.29, 1.82) is 0 Å². The summed E-state index contributed by atoms with van der Waals surface area (Å²) in [4.78, 5) is 0. The number of rotatable bonds is 3. The van der Waals surface area contributed by atoms with E-state index in [1.807, 2.05) is 36.4 Å². The molecule has 1 N–H and O–H groups in total. The lowest BCUT2D eigenvalue weighted by Gasteiger charge is -2.14. The summed E-state index contributed by atoms with van der Waals surface area (Å²) in [7, 11) is 0. The number of benzene rings is 2. The van der Waals surface area contributed by atoms with Gasteiger partial charge >= 0.3 is 0 Å². The van der Waals surface area contributed by atoms with Crippen molar-refractivity contribution in [2.75, 3.05) is 0 Å². The molecule has 0 aliphatic heterocycles. The highest BCUT2D eigenvalue weighted by atomic mass is 127. The van der Waals surface area contributed by atoms with E-state index in [9.17, 15) is 5.11 Å². The molecule has 0 aliphatic carbocycles. The van der Waals surface area contributed by atoms with Crippen LogP contribution in [0.25, 0.3) is 0 Å². The molecule has 2 rings (SSSR count). The minimum absolute atomic E-state index is 0.623. The highest BCUT2D eigenvalue weighted by molar-refractivity contribution is 14.1. The van der Waals surface area contributed by atoms with Gasteiger partial charge in [-0.25, -0.2) is 0 Å². The summed E-state index contributed by atoms with van der Waals surface area (Å²) < 4.78 is 1.02. The van der Waals surface area contributed by atoms with Crippen molar-refractivity contribution >= 4 is 34.2 Å². The normalized spacial score (nSPS) is 12.4. The molecule has 3 heteroatoms. The van der Waals surface area contributed by atoms with Gasteiger partial charge in [-0.3, -0.25) is 0 Å². The molecule has 0 saturated heterocycles. The summed E-state index contributed by atoms with van der Waals surface area (Å²) in [5.74, 6) is 0. The van der Waals surface area contributed by atoms with Gasteiger partial charge in [-0.15, -0.1) is 0 Å². The molecule has 0 heterocycles. The first-order chi connectivity index (χ1) is 8.61. The average molecular weight is 373 g/mol. The fraction of sp³-hybridized carbons (Fsp3) is 0.200. The Morgan fingerprint density at radius 3 is 2.72 bits per heavy atom. The van der Waals surface area contributed by atoms with Crippen LogP contribution in [0.3, 0.4) is 0 Å². The largest absolute Gasteiger partial charge is 0.384 e. The van der Waals surface area contributed by atoms with Gasteiger partial charge in [-0.05, 0) is 63.9 Å². The predicted octanol–water partition coefficient (Wildman–Crippen LogP) is 4.59. The number of hydrogen-bond acceptors (Lipinski definition) is 1. The molecule has 0 saturated carbocycles. The molecule has 1 nitrogen and oxygen atoms in total. The monoisotopic (exact) mass is 372 g/mol. The maximum Gasteiger partial charge on any atom is 0.105 e. The summed E-state index contributed by atoms with van der Waals surface area (Å²) in [6.45, 7) is 2.11. The fourth-order valence-corrected chi connectivity index (χ4v) is 2.70. The Morgan fingerprint density at radius 2 is 2.00 bits per heavy atom. The van der Waals surface area contributed by atoms with Crippen LogP contribution < -0.4 is 0 Å². The first-order valence-corrected chi connectivity index (χ1v) is 7.29. The lowest BCUT2D eigenvalue weighted by molar-refractivity contribution is 0.219. The maximum atomic E-state index is 10.5. The van der Waals surface area contributed by atoms with Gasteiger partial charge in [0.05, 0.1) is 0 Å². The summed E-state index contributed by atoms with van der Waals surface area (Å²) in [6.07, 6.45) is 0.342. The predicted molar refractivity (Wildman–Crippen MR) is 84.1 cm³/mol. The van der Waals surface area contributed by atoms with Gasteiger partial charge in [-0.1, -0.05) is 42.8 Å². The van der Waals surface area contributed by atoms with Crippen LogP contribution in [-0.4, -0.2) is 5.11 Å². The average Bonchev–Trinajstić information content (AvgIpc) is 2.41. The fourth-order valence-electron chi connectivity index (χ4n) is 1.89. The first kappa shape index (κ1) is 13.8. The SMILES string of the molecule is CCc1cccc(C(O)c2cc(Cl)ccc2I)c1. The van der Waals surface area contributed by atoms with Gasteiger partial charge in [0.15, 0.2) is 0 Å². The summed E-state index contributed by atoms with van der Waals surface area (Å²) in [6, 6.07) is 13.6. The third-order valence-electron chi connectivity index (χ3n) is 2.93. The number of aryl methyl sites for hydroxylation is 1. The van der Waals surface area contributed by atoms with E-state index in [4.69, 9.17) is 11.6 Å². The molecular weight excluding hydrogens is 359 g/mol. The number of aliphatic hydroxyl groups excluding tert-OH is 1. The van der Waals surface area contributed by atoms with E-state index >= 15 is 0 Å². The molecule has 1 atom stereocenters. The van der Waals surface area contributed by atoms with Crippen molar-refractivity contribution in [3.05, 3.63) is 67.7 Å². The van der Waals surface area contributed by atoms with Gasteiger partial charge in [0.2, 0.25) is 0 Å². The second-order valence-corrected chi connectivity index (χ2v) is 5.77. The molecule has 2 aromatic rings. The molecule has 0 radical (unpaired) electrons. The Kier molecular flexibility index (Phi) is 4.65. The van der Waals surface area contributed by atoms with Gasteiger partial charge in [0.1, 0.15) is 6.10 Å². The molecule has 0 spiro atoms. The highest BCUT2D eigenvalue weighted by Crippen LogP contribution is 2.29. The van der Waals surface area contributed by atoms with Gasteiger partial charge < -0.3 is 5.11 Å². The van der Waals surface area contributed by atoms with Crippen LogP contribution in [0.4, 0.5) is 0 Å². The number of hydrogen-bond donors (Lipinski definition) is 1. The smallest absolute Gasteiger partial charge is 0.105 e. The zero-order chi connectivity index (χ0) is 13.1. The number of aliphatic hydroxyl groups is 1. The summed E-state index contributed by atoms with van der Waals surface area (Å²) >= 11 is 8.21. The van der Waals surface area contributed by atoms with E-state index in [0.29, 0.717) is 5.02 Å². The Balaban J connectivity index is 2.40. The Bertz CT molecular complexity index is 554. The lowest BCUT2D eigenvalue weighted by Crippen LogP contribution is -2.02. The van der Waals surface area contributed by atoms with E-state index in [2.05, 4.69) is 35.6 Å². The van der Waals surface area contributed by atoms with Crippen molar-refractivity contribution in [3.8, 4) is 0 Å². The first-order valence-electron chi connectivity index (χ1n) is 5.83. The molecule has 18 heavy (non-hydrogen) atoms. The quantitative estimate of drug-likeness (QED) is 0.781. The van der Waals surface area contributed by atoms with Crippen LogP contribution in [-0.2, 0) is 6.42 Å². The van der Waals surface area contributed by atoms with E-state index in [-0.39, 0.29) is 0 Å². The Morgan fingerprint density at radius 1 is 1.22 bits per heavy atom. The van der Waals surface area contributed by atoms with Crippen molar-refractivity contribution < 1.29 is 5.11 Å². The standard InChI is InChI=1S/C15H14ClIO/c1-2-10-4-3-5-11(8-10)15(18)13-9-12(16)6-7-14(13)17/h3-9,15,18H,2H2,1H3. The van der Waals surface area contributed by atoms with Crippen LogP contribution in [0.2, 0.25) is 5.02 Å². The minimum Gasteiger partial charge on any atom is -0.384 e. The van der Waals surface area contributed by atoms with E-state index < -0.39 is 6.10 Å². The third kappa shape index (κ3) is 3.05. The van der Waals surface area contributed by atoms with E-state index in [1.54, 1.807) is 0 Å². The van der Waals surface area contributed by atoms with E-state index in [0.717, 1.165) is 21.1 Å². The van der Waals surface area contributed by atoms with Gasteiger partial charge in [-0.2, -0.15) is 0 Å². The van der Waals surface area contributed by atoms with Crippen LogP contribution in [0.15, 0.2) is 42.5 Å². The van der Waals surface area contributed by atoms with E-state index in [1.165, 1.54) is 5.56 Å². The van der Waals surface area contributed by atoms with Crippen molar-refractivity contribution in [2.45, 2.75) is 19.4 Å². The van der Waals surface area contributed by atoms with Crippen molar-refractivity contribution in [1.82, 2.24) is 0 Å². The zero-order valence-electron chi connectivity index (χ0n) is 10.0. The Hall–Kier alpha value is -0.580. The van der Waals surface area contributed by atoms with Crippen molar-refractivity contribution in [3.63, 3.8) is 0 Å². The molecule has 0 bridgehead atoms. The number of halogens is 2. The molecular formula is C15H14ClIO. The second-order valence-electron chi connectivity index (χ2n) is 4.17. The molecule has 0 fully saturated rings. The summed E-state index contributed by atoms with van der Waals surface area (Å²) in [5, 5.41) is 11.1. The minimum atomic E-state index is -0.623. The third-order valence-corrected chi connectivity index (χ3v) is 4.15. The van der Waals surface area contributed by atoms with Crippen molar-refractivity contribution in [2.24, 2.45) is 0 Å². The van der Waals surface area contributed by atoms with Crippen LogP contribution in [0, 0.1) is 3.57 Å². The van der Waals surface area contributed by atoms with Gasteiger partial charge in [0.25, 0.3) is 0 Å². The molecule has 2 aromatic carbocycles. The van der Waals surface area contributed by atoms with Crippen LogP contribution in [0.5, 0.6) is 0 Å². The summed E-state index contributed by atoms with van der Waals surface area (Å²) in [5.41, 5.74) is 2.99. The topological polar surface area (TPSA) is 20.2 Å². The Labute approximate surface area is 126 Å². The lowest BCUT2D eigenvalue weighted by atomic mass is 9.99. The molecule has 1 unspecified atom stereocenters.